The Morgan fingerprint density at radius 3 is 1.90 bits per heavy atom. The minimum atomic E-state index is 0.325. The van der Waals surface area contributed by atoms with Gasteiger partial charge < -0.3 is 5.32 Å². The summed E-state index contributed by atoms with van der Waals surface area (Å²) in [7, 11) is 0.325. The van der Waals surface area contributed by atoms with E-state index >= 15 is 0 Å². The van der Waals surface area contributed by atoms with Gasteiger partial charge in [0.15, 0.2) is 0 Å². The van der Waals surface area contributed by atoms with Crippen LogP contribution in [0.2, 0.25) is 0 Å². The van der Waals surface area contributed by atoms with Crippen molar-refractivity contribution in [2.45, 2.75) is 25.9 Å². The summed E-state index contributed by atoms with van der Waals surface area (Å²) in [5, 5.41) is 4.00. The summed E-state index contributed by atoms with van der Waals surface area (Å²) in [6.07, 6.45) is 2.86. The van der Waals surface area contributed by atoms with Crippen molar-refractivity contribution < 1.29 is 0 Å². The first kappa shape index (κ1) is 8.49. The highest BCUT2D eigenvalue weighted by molar-refractivity contribution is 7.59. The second-order valence-electron chi connectivity index (χ2n) is 3.91. The van der Waals surface area contributed by atoms with Crippen LogP contribution in [0.5, 0.6) is 0 Å². The molecule has 1 fully saturated rings. The van der Waals surface area contributed by atoms with Gasteiger partial charge in [-0.1, -0.05) is 28.7 Å². The summed E-state index contributed by atoms with van der Waals surface area (Å²) in [5.74, 6) is 0. The van der Waals surface area contributed by atoms with Gasteiger partial charge >= 0.3 is 0 Å². The lowest BCUT2D eigenvalue weighted by Crippen LogP contribution is -2.32. The molecule has 1 aliphatic rings. The topological polar surface area (TPSA) is 12.0 Å². The molecular weight excluding hydrogens is 141 g/mol. The van der Waals surface area contributed by atoms with Gasteiger partial charge in [-0.3, -0.25) is 0 Å². The van der Waals surface area contributed by atoms with Crippen LogP contribution >= 0.6 is 7.92 Å². The number of hydrogen-bond donors (Lipinski definition) is 1. The maximum Gasteiger partial charge on any atom is -0.000916 e. The second kappa shape index (κ2) is 3.19. The Balaban J connectivity index is 2.39. The normalized spacial score (nSPS) is 23.1. The van der Waals surface area contributed by atoms with Crippen molar-refractivity contribution in [1.29, 1.82) is 0 Å². The fourth-order valence-corrected chi connectivity index (χ4v) is 3.76. The van der Waals surface area contributed by atoms with Gasteiger partial charge in [0.1, 0.15) is 0 Å². The highest BCUT2D eigenvalue weighted by Crippen LogP contribution is 2.49. The van der Waals surface area contributed by atoms with Crippen molar-refractivity contribution >= 4 is 7.92 Å². The minimum absolute atomic E-state index is 0.325. The van der Waals surface area contributed by atoms with E-state index in [-0.39, 0.29) is 0 Å². The van der Waals surface area contributed by atoms with Gasteiger partial charge in [0.25, 0.3) is 0 Å². The molecule has 1 saturated heterocycles. The largest absolute Gasteiger partial charge is 0.316 e. The molecule has 0 unspecified atom stereocenters. The third kappa shape index (κ3) is 2.21. The first-order valence-electron chi connectivity index (χ1n) is 4.06. The molecule has 0 spiro atoms. The van der Waals surface area contributed by atoms with Crippen molar-refractivity contribution in [3.63, 3.8) is 0 Å². The Bertz CT molecular complexity index is 100. The molecule has 10 heavy (non-hydrogen) atoms. The summed E-state index contributed by atoms with van der Waals surface area (Å²) < 4.78 is 0. The molecule has 0 radical (unpaired) electrons. The first-order valence-corrected chi connectivity index (χ1v) is 5.78. The van der Waals surface area contributed by atoms with Gasteiger partial charge in [-0.05, 0) is 30.6 Å². The SMILES string of the molecule is CC(C)(C)P1CCNCC1. The number of rotatable bonds is 0. The van der Waals surface area contributed by atoms with Gasteiger partial charge in [-0.15, -0.1) is 0 Å². The fourth-order valence-electron chi connectivity index (χ4n) is 1.34. The van der Waals surface area contributed by atoms with Crippen LogP contribution < -0.4 is 5.32 Å². The molecule has 0 aliphatic carbocycles. The van der Waals surface area contributed by atoms with Gasteiger partial charge in [-0.2, -0.15) is 0 Å². The summed E-state index contributed by atoms with van der Waals surface area (Å²) >= 11 is 0. The zero-order chi connectivity index (χ0) is 7.61. The van der Waals surface area contributed by atoms with E-state index in [4.69, 9.17) is 0 Å². The van der Waals surface area contributed by atoms with Crippen molar-refractivity contribution in [2.24, 2.45) is 0 Å². The molecule has 2 heteroatoms. The third-order valence-electron chi connectivity index (χ3n) is 2.07. The molecule has 1 heterocycles. The molecule has 0 bridgehead atoms. The summed E-state index contributed by atoms with van der Waals surface area (Å²) in [6.45, 7) is 9.64. The number of hydrogen-bond acceptors (Lipinski definition) is 1. The first-order chi connectivity index (χ1) is 4.61. The molecule has 1 rings (SSSR count). The standard InChI is InChI=1S/C8H18NP/c1-8(2,3)10-6-4-9-5-7-10/h9H,4-7H2,1-3H3. The summed E-state index contributed by atoms with van der Waals surface area (Å²) in [5.41, 5.74) is 0. The average molecular weight is 159 g/mol. The van der Waals surface area contributed by atoms with E-state index in [1.54, 1.807) is 0 Å². The van der Waals surface area contributed by atoms with Gasteiger partial charge in [0.05, 0.1) is 0 Å². The molecule has 1 nitrogen and oxygen atoms in total. The van der Waals surface area contributed by atoms with Crippen LogP contribution in [0.1, 0.15) is 20.8 Å². The van der Waals surface area contributed by atoms with E-state index in [1.165, 1.54) is 25.4 Å². The Morgan fingerprint density at radius 2 is 1.60 bits per heavy atom. The molecule has 60 valence electrons. The van der Waals surface area contributed by atoms with Gasteiger partial charge in [-0.25, -0.2) is 0 Å². The van der Waals surface area contributed by atoms with Crippen LogP contribution in [0.25, 0.3) is 0 Å². The van der Waals surface area contributed by atoms with Crippen molar-refractivity contribution in [2.75, 3.05) is 25.4 Å². The van der Waals surface area contributed by atoms with Crippen molar-refractivity contribution in [3.8, 4) is 0 Å². The van der Waals surface area contributed by atoms with Crippen LogP contribution in [-0.2, 0) is 0 Å². The Hall–Kier alpha value is 0.390. The van der Waals surface area contributed by atoms with E-state index < -0.39 is 0 Å². The molecule has 0 amide bonds. The number of nitrogens with one attached hydrogen (secondary N) is 1. The lowest BCUT2D eigenvalue weighted by molar-refractivity contribution is 0.707. The second-order valence-corrected chi connectivity index (χ2v) is 7.22. The average Bonchev–Trinajstić information content (AvgIpc) is 1.88. The van der Waals surface area contributed by atoms with Crippen LogP contribution in [0.4, 0.5) is 0 Å². The van der Waals surface area contributed by atoms with E-state index in [2.05, 4.69) is 26.1 Å². The van der Waals surface area contributed by atoms with E-state index in [0.29, 0.717) is 13.1 Å². The van der Waals surface area contributed by atoms with Crippen LogP contribution in [0, 0.1) is 0 Å². The lowest BCUT2D eigenvalue weighted by Gasteiger charge is -2.34. The van der Waals surface area contributed by atoms with Crippen LogP contribution in [0.3, 0.4) is 0 Å². The fraction of sp³-hybridized carbons (Fsp3) is 1.00. The minimum Gasteiger partial charge on any atom is -0.316 e. The molecular formula is C8H18NP. The van der Waals surface area contributed by atoms with Crippen LogP contribution in [0.15, 0.2) is 0 Å². The van der Waals surface area contributed by atoms with Gasteiger partial charge in [0, 0.05) is 0 Å². The quantitative estimate of drug-likeness (QED) is 0.532. The zero-order valence-corrected chi connectivity index (χ0v) is 8.17. The Morgan fingerprint density at radius 1 is 1.10 bits per heavy atom. The van der Waals surface area contributed by atoms with Crippen LogP contribution in [-0.4, -0.2) is 30.6 Å². The Kier molecular flexibility index (Phi) is 2.71. The van der Waals surface area contributed by atoms with E-state index in [1.807, 2.05) is 0 Å². The van der Waals surface area contributed by atoms with Crippen molar-refractivity contribution in [3.05, 3.63) is 0 Å². The molecule has 0 aromatic carbocycles. The lowest BCUT2D eigenvalue weighted by atomic mass is 10.3. The van der Waals surface area contributed by atoms with E-state index in [9.17, 15) is 0 Å². The molecule has 0 atom stereocenters. The van der Waals surface area contributed by atoms with E-state index in [0.717, 1.165) is 0 Å². The third-order valence-corrected chi connectivity index (χ3v) is 5.49. The Labute approximate surface area is 65.3 Å². The van der Waals surface area contributed by atoms with Gasteiger partial charge in [0.2, 0.25) is 0 Å². The van der Waals surface area contributed by atoms with Crippen molar-refractivity contribution in [1.82, 2.24) is 5.32 Å². The monoisotopic (exact) mass is 159 g/mol. The maximum absolute atomic E-state index is 3.40. The molecule has 1 N–H and O–H groups in total. The maximum atomic E-state index is 3.40. The molecule has 0 aromatic rings. The zero-order valence-electron chi connectivity index (χ0n) is 7.28. The predicted octanol–water partition coefficient (Wildman–Crippen LogP) is 1.87. The summed E-state index contributed by atoms with van der Waals surface area (Å²) in [4.78, 5) is 0. The predicted molar refractivity (Wildman–Crippen MR) is 49.3 cm³/mol. The molecule has 0 aromatic heterocycles. The highest BCUT2D eigenvalue weighted by Gasteiger charge is 2.24. The highest BCUT2D eigenvalue weighted by atomic mass is 31.1. The molecule has 1 aliphatic heterocycles. The summed E-state index contributed by atoms with van der Waals surface area (Å²) in [6, 6.07) is 0. The smallest absolute Gasteiger partial charge is 0.000916 e. The molecule has 0 saturated carbocycles.